The van der Waals surface area contributed by atoms with Crippen molar-refractivity contribution >= 4 is 9.84 Å². The number of benzene rings is 1. The molecule has 128 valence electrons. The molecule has 0 unspecified atom stereocenters. The van der Waals surface area contributed by atoms with Crippen LogP contribution in [0.2, 0.25) is 0 Å². The summed E-state index contributed by atoms with van der Waals surface area (Å²) in [6.07, 6.45) is -6.71. The minimum atomic E-state index is -4.06. The zero-order chi connectivity index (χ0) is 17.0. The van der Waals surface area contributed by atoms with Crippen LogP contribution in [0.3, 0.4) is 0 Å². The van der Waals surface area contributed by atoms with Gasteiger partial charge in [0.05, 0.1) is 4.90 Å². The predicted molar refractivity (Wildman–Crippen MR) is 79.3 cm³/mol. The van der Waals surface area contributed by atoms with E-state index >= 15 is 0 Å². The Balaban J connectivity index is 2.00. The average molecular weight is 344 g/mol. The number of sulfone groups is 1. The molecule has 1 aromatic rings. The van der Waals surface area contributed by atoms with Gasteiger partial charge >= 0.3 is 0 Å². The van der Waals surface area contributed by atoms with Crippen LogP contribution in [0, 0.1) is 0 Å². The standard InChI is InChI=1S/C15H20O7S/c1-15(2)21-12-9(16)10(17)14(11(18)13(12)22-15)23(19,20)8-6-4-3-5-7-8/h3-7,9-14,16-18H,1-2H3/t9-,10+,11-,12+,13-,14-/m0/s1. The molecular weight excluding hydrogens is 324 g/mol. The van der Waals surface area contributed by atoms with E-state index in [-0.39, 0.29) is 4.90 Å². The lowest BCUT2D eigenvalue weighted by Crippen LogP contribution is -2.64. The molecule has 0 bridgehead atoms. The Morgan fingerprint density at radius 3 is 2.00 bits per heavy atom. The molecular formula is C15H20O7S. The third kappa shape index (κ3) is 2.69. The summed E-state index contributed by atoms with van der Waals surface area (Å²) in [6.45, 7) is 3.19. The minimum absolute atomic E-state index is 0.0353. The Bertz CT molecular complexity index is 672. The van der Waals surface area contributed by atoms with E-state index in [1.807, 2.05) is 0 Å². The van der Waals surface area contributed by atoms with Gasteiger partial charge in [-0.1, -0.05) is 18.2 Å². The van der Waals surface area contributed by atoms with Crippen LogP contribution >= 0.6 is 0 Å². The topological polar surface area (TPSA) is 113 Å². The van der Waals surface area contributed by atoms with Gasteiger partial charge in [0.25, 0.3) is 0 Å². The van der Waals surface area contributed by atoms with Gasteiger partial charge in [-0.15, -0.1) is 0 Å². The minimum Gasteiger partial charge on any atom is -0.389 e. The highest BCUT2D eigenvalue weighted by Gasteiger charge is 2.60. The van der Waals surface area contributed by atoms with Gasteiger partial charge in [-0.3, -0.25) is 0 Å². The molecule has 0 amide bonds. The molecule has 0 radical (unpaired) electrons. The summed E-state index contributed by atoms with van der Waals surface area (Å²) >= 11 is 0. The molecule has 1 aromatic carbocycles. The van der Waals surface area contributed by atoms with Crippen LogP contribution in [0.15, 0.2) is 35.2 Å². The number of rotatable bonds is 2. The number of aliphatic hydroxyl groups is 3. The SMILES string of the molecule is CC1(C)O[C@@H]2[C@@H](O)[C@@H](O)[C@H](S(=O)(=O)c3ccccc3)[C@@H](O)[C@@H]2O1. The molecule has 6 atom stereocenters. The van der Waals surface area contributed by atoms with Crippen LogP contribution in [0.5, 0.6) is 0 Å². The molecule has 0 spiro atoms. The maximum Gasteiger partial charge on any atom is 0.186 e. The lowest BCUT2D eigenvalue weighted by atomic mass is 9.87. The second kappa shape index (κ2) is 5.51. The van der Waals surface area contributed by atoms with Crippen molar-refractivity contribution in [1.82, 2.24) is 0 Å². The average Bonchev–Trinajstić information content (AvgIpc) is 2.82. The maximum atomic E-state index is 12.8. The molecule has 2 aliphatic rings. The van der Waals surface area contributed by atoms with E-state index in [4.69, 9.17) is 9.47 Å². The molecule has 1 heterocycles. The van der Waals surface area contributed by atoms with E-state index in [0.717, 1.165) is 0 Å². The van der Waals surface area contributed by atoms with Gasteiger partial charge in [0.1, 0.15) is 35.8 Å². The summed E-state index contributed by atoms with van der Waals surface area (Å²) in [4.78, 5) is -0.0353. The van der Waals surface area contributed by atoms with Crippen molar-refractivity contribution in [2.75, 3.05) is 0 Å². The number of hydrogen-bond donors (Lipinski definition) is 3. The van der Waals surface area contributed by atoms with Crippen LogP contribution in [-0.4, -0.2) is 65.3 Å². The van der Waals surface area contributed by atoms with Crippen LogP contribution in [0.25, 0.3) is 0 Å². The fourth-order valence-corrected chi connectivity index (χ4v) is 5.16. The lowest BCUT2D eigenvalue weighted by molar-refractivity contribution is -0.159. The van der Waals surface area contributed by atoms with Gasteiger partial charge in [0.15, 0.2) is 15.6 Å². The van der Waals surface area contributed by atoms with Crippen LogP contribution in [-0.2, 0) is 19.3 Å². The third-order valence-electron chi connectivity index (χ3n) is 4.29. The van der Waals surface area contributed by atoms with E-state index in [1.54, 1.807) is 32.0 Å². The Kier molecular flexibility index (Phi) is 4.03. The summed E-state index contributed by atoms with van der Waals surface area (Å²) in [7, 11) is -4.06. The van der Waals surface area contributed by atoms with Gasteiger partial charge in [-0.25, -0.2) is 8.42 Å². The Labute approximate surface area is 134 Å². The summed E-state index contributed by atoms with van der Waals surface area (Å²) in [5.41, 5.74) is 0. The second-order valence-corrected chi connectivity index (χ2v) is 8.46. The first-order valence-corrected chi connectivity index (χ1v) is 8.88. The molecule has 7 nitrogen and oxygen atoms in total. The largest absolute Gasteiger partial charge is 0.389 e. The van der Waals surface area contributed by atoms with Gasteiger partial charge in [0.2, 0.25) is 0 Å². The highest BCUT2D eigenvalue weighted by molar-refractivity contribution is 7.92. The molecule has 1 aliphatic carbocycles. The van der Waals surface area contributed by atoms with E-state index in [9.17, 15) is 23.7 Å². The van der Waals surface area contributed by atoms with Gasteiger partial charge in [-0.05, 0) is 26.0 Å². The van der Waals surface area contributed by atoms with Crippen molar-refractivity contribution in [3.8, 4) is 0 Å². The summed E-state index contributed by atoms with van der Waals surface area (Å²) in [5.74, 6) is -1.08. The zero-order valence-corrected chi connectivity index (χ0v) is 13.6. The molecule has 1 saturated carbocycles. The maximum absolute atomic E-state index is 12.8. The van der Waals surface area contributed by atoms with E-state index in [0.29, 0.717) is 0 Å². The Morgan fingerprint density at radius 2 is 1.43 bits per heavy atom. The molecule has 0 aromatic heterocycles. The Morgan fingerprint density at radius 1 is 0.913 bits per heavy atom. The molecule has 1 saturated heterocycles. The van der Waals surface area contributed by atoms with Crippen LogP contribution in [0.4, 0.5) is 0 Å². The van der Waals surface area contributed by atoms with Gasteiger partial charge < -0.3 is 24.8 Å². The Hall–Kier alpha value is -1.03. The van der Waals surface area contributed by atoms with Crippen molar-refractivity contribution in [3.05, 3.63) is 30.3 Å². The van der Waals surface area contributed by atoms with E-state index < -0.39 is 51.4 Å². The van der Waals surface area contributed by atoms with Crippen molar-refractivity contribution in [2.45, 2.75) is 60.3 Å². The highest BCUT2D eigenvalue weighted by Crippen LogP contribution is 2.40. The molecule has 2 fully saturated rings. The van der Waals surface area contributed by atoms with Crippen LogP contribution in [0.1, 0.15) is 13.8 Å². The predicted octanol–water partition coefficient (Wildman–Crippen LogP) is -0.555. The fourth-order valence-electron chi connectivity index (χ4n) is 3.26. The third-order valence-corrected chi connectivity index (χ3v) is 6.49. The van der Waals surface area contributed by atoms with Crippen molar-refractivity contribution < 1.29 is 33.2 Å². The quantitative estimate of drug-likeness (QED) is 0.659. The number of fused-ring (bicyclic) bond motifs is 1. The lowest BCUT2D eigenvalue weighted by Gasteiger charge is -2.40. The van der Waals surface area contributed by atoms with Gasteiger partial charge in [0, 0.05) is 0 Å². The number of hydrogen-bond acceptors (Lipinski definition) is 7. The van der Waals surface area contributed by atoms with Crippen LogP contribution < -0.4 is 0 Å². The molecule has 3 N–H and O–H groups in total. The second-order valence-electron chi connectivity index (χ2n) is 6.36. The number of ether oxygens (including phenoxy) is 2. The summed E-state index contributed by atoms with van der Waals surface area (Å²) in [5, 5.41) is 29.4. The first-order valence-electron chi connectivity index (χ1n) is 7.34. The van der Waals surface area contributed by atoms with Crippen molar-refractivity contribution in [3.63, 3.8) is 0 Å². The molecule has 23 heavy (non-hydrogen) atoms. The fraction of sp³-hybridized carbons (Fsp3) is 0.600. The zero-order valence-electron chi connectivity index (χ0n) is 12.7. The first-order chi connectivity index (χ1) is 10.6. The van der Waals surface area contributed by atoms with Crippen molar-refractivity contribution in [1.29, 1.82) is 0 Å². The van der Waals surface area contributed by atoms with E-state index in [2.05, 4.69) is 0 Å². The molecule has 3 rings (SSSR count). The molecule has 1 aliphatic heterocycles. The number of aliphatic hydroxyl groups excluding tert-OH is 3. The summed E-state index contributed by atoms with van der Waals surface area (Å²) < 4.78 is 36.6. The normalized spacial score (nSPS) is 39.9. The van der Waals surface area contributed by atoms with Crippen molar-refractivity contribution in [2.24, 2.45) is 0 Å². The van der Waals surface area contributed by atoms with E-state index in [1.165, 1.54) is 12.1 Å². The summed E-state index contributed by atoms with van der Waals surface area (Å²) in [6, 6.07) is 7.51. The van der Waals surface area contributed by atoms with Gasteiger partial charge in [-0.2, -0.15) is 0 Å². The molecule has 8 heteroatoms. The monoisotopic (exact) mass is 344 g/mol. The first kappa shape index (κ1) is 16.8. The highest BCUT2D eigenvalue weighted by atomic mass is 32.2. The smallest absolute Gasteiger partial charge is 0.186 e.